The maximum absolute atomic E-state index is 9.34. The zero-order valence-electron chi connectivity index (χ0n) is 18.4. The van der Waals surface area contributed by atoms with Crippen LogP contribution in [-0.2, 0) is 0 Å². The molecule has 2 aromatic heterocycles. The lowest BCUT2D eigenvalue weighted by Crippen LogP contribution is -2.49. The number of piperazine rings is 1. The molecule has 0 aliphatic carbocycles. The molecule has 31 heavy (non-hydrogen) atoms. The van der Waals surface area contributed by atoms with Crippen LogP contribution < -0.4 is 4.90 Å². The number of nitriles is 1. The van der Waals surface area contributed by atoms with E-state index >= 15 is 0 Å². The molecule has 1 saturated heterocycles. The number of aromatic nitrogens is 3. The van der Waals surface area contributed by atoms with Crippen molar-refractivity contribution >= 4 is 5.82 Å². The minimum Gasteiger partial charge on any atom is -0.353 e. The Balaban J connectivity index is 1.69. The summed E-state index contributed by atoms with van der Waals surface area (Å²) in [6, 6.07) is 13.7. The molecule has 0 amide bonds. The van der Waals surface area contributed by atoms with Gasteiger partial charge in [-0.05, 0) is 35.2 Å². The summed E-state index contributed by atoms with van der Waals surface area (Å²) in [6.07, 6.45) is 5.40. The van der Waals surface area contributed by atoms with Gasteiger partial charge in [0.15, 0.2) is 5.82 Å². The molecule has 0 atom stereocenters. The van der Waals surface area contributed by atoms with Crippen LogP contribution >= 0.6 is 0 Å². The minimum absolute atomic E-state index is 0.286. The number of nitrogens with zero attached hydrogens (tertiary/aromatic N) is 6. The molecular formula is C25H28N6. The summed E-state index contributed by atoms with van der Waals surface area (Å²) in [7, 11) is 0. The van der Waals surface area contributed by atoms with Gasteiger partial charge in [0.2, 0.25) is 0 Å². The third kappa shape index (κ3) is 5.07. The molecule has 158 valence electrons. The lowest BCUT2D eigenvalue weighted by Gasteiger charge is -2.39. The molecule has 3 heterocycles. The van der Waals surface area contributed by atoms with Gasteiger partial charge in [-0.15, -0.1) is 0 Å². The van der Waals surface area contributed by atoms with Gasteiger partial charge in [-0.1, -0.05) is 32.9 Å². The Morgan fingerprint density at radius 3 is 2.42 bits per heavy atom. The lowest BCUT2D eigenvalue weighted by atomic mass is 9.96. The van der Waals surface area contributed by atoms with E-state index in [0.29, 0.717) is 11.4 Å². The highest BCUT2D eigenvalue weighted by Crippen LogP contribution is 2.32. The van der Waals surface area contributed by atoms with Gasteiger partial charge in [0.05, 0.1) is 11.6 Å². The topological polar surface area (TPSA) is 68.9 Å². The predicted octanol–water partition coefficient (Wildman–Crippen LogP) is 4.25. The zero-order valence-corrected chi connectivity index (χ0v) is 18.4. The Labute approximate surface area is 184 Å². The molecular weight excluding hydrogens is 384 g/mol. The Kier molecular flexibility index (Phi) is 5.97. The van der Waals surface area contributed by atoms with Gasteiger partial charge < -0.3 is 4.90 Å². The summed E-state index contributed by atoms with van der Waals surface area (Å²) in [5.41, 5.74) is 3.79. The number of pyridine rings is 1. The molecule has 0 radical (unpaired) electrons. The maximum Gasteiger partial charge on any atom is 0.161 e. The highest BCUT2D eigenvalue weighted by Gasteiger charge is 2.24. The van der Waals surface area contributed by atoms with E-state index < -0.39 is 0 Å². The average Bonchev–Trinajstić information content (AvgIpc) is 2.79. The smallest absolute Gasteiger partial charge is 0.161 e. The fraction of sp³-hybridized carbons (Fsp3) is 0.360. The number of hydrogen-bond donors (Lipinski definition) is 0. The molecule has 1 aliphatic rings. The van der Waals surface area contributed by atoms with E-state index in [1.165, 1.54) is 0 Å². The van der Waals surface area contributed by atoms with Gasteiger partial charge in [-0.2, -0.15) is 5.26 Å². The summed E-state index contributed by atoms with van der Waals surface area (Å²) in [5, 5.41) is 9.34. The molecule has 6 nitrogen and oxygen atoms in total. The Bertz CT molecular complexity index is 1070. The minimum atomic E-state index is 0.286. The summed E-state index contributed by atoms with van der Waals surface area (Å²) >= 11 is 0. The molecule has 6 heteroatoms. The molecule has 0 spiro atoms. The van der Waals surface area contributed by atoms with Crippen molar-refractivity contribution in [1.29, 1.82) is 5.26 Å². The molecule has 1 aromatic carbocycles. The van der Waals surface area contributed by atoms with Crippen LogP contribution in [0.25, 0.3) is 22.5 Å². The summed E-state index contributed by atoms with van der Waals surface area (Å²) in [4.78, 5) is 18.6. The second-order valence-electron chi connectivity index (χ2n) is 9.18. The van der Waals surface area contributed by atoms with Crippen molar-refractivity contribution in [2.24, 2.45) is 5.41 Å². The van der Waals surface area contributed by atoms with Gasteiger partial charge in [0.25, 0.3) is 0 Å². The number of hydrogen-bond acceptors (Lipinski definition) is 6. The van der Waals surface area contributed by atoms with Gasteiger partial charge in [-0.25, -0.2) is 9.97 Å². The number of rotatable bonds is 4. The molecule has 0 bridgehead atoms. The summed E-state index contributed by atoms with van der Waals surface area (Å²) in [5.74, 6) is 1.61. The standard InChI is InChI=1S/C25H28N6/c1-25(2,3)18-30-11-13-31(14-12-30)24-22(21-6-4-5-19(15-21)16-26)17-28-23(29-24)20-7-9-27-10-8-20/h4-10,15,17H,11-14,18H2,1-3H3. The summed E-state index contributed by atoms with van der Waals surface area (Å²) in [6.45, 7) is 11.8. The van der Waals surface area contributed by atoms with Crippen LogP contribution in [0.3, 0.4) is 0 Å². The van der Waals surface area contributed by atoms with E-state index in [1.807, 2.05) is 42.6 Å². The maximum atomic E-state index is 9.34. The lowest BCUT2D eigenvalue weighted by molar-refractivity contribution is 0.182. The monoisotopic (exact) mass is 412 g/mol. The van der Waals surface area contributed by atoms with Gasteiger partial charge >= 0.3 is 0 Å². The Hall–Kier alpha value is -3.30. The normalized spacial score (nSPS) is 15.0. The molecule has 1 aliphatic heterocycles. The largest absolute Gasteiger partial charge is 0.353 e. The molecule has 4 rings (SSSR count). The van der Waals surface area contributed by atoms with E-state index in [9.17, 15) is 5.26 Å². The van der Waals surface area contributed by atoms with Crippen molar-refractivity contribution in [1.82, 2.24) is 19.9 Å². The third-order valence-electron chi connectivity index (χ3n) is 5.38. The predicted molar refractivity (Wildman–Crippen MR) is 124 cm³/mol. The molecule has 3 aromatic rings. The number of anilines is 1. The van der Waals surface area contributed by atoms with Gasteiger partial charge in [0, 0.05) is 62.4 Å². The van der Waals surface area contributed by atoms with Crippen LogP contribution in [0, 0.1) is 16.7 Å². The third-order valence-corrected chi connectivity index (χ3v) is 5.38. The van der Waals surface area contributed by atoms with Crippen LogP contribution in [0.5, 0.6) is 0 Å². The highest BCUT2D eigenvalue weighted by molar-refractivity contribution is 5.77. The van der Waals surface area contributed by atoms with Crippen molar-refractivity contribution in [2.45, 2.75) is 20.8 Å². The highest BCUT2D eigenvalue weighted by atomic mass is 15.3. The van der Waals surface area contributed by atoms with Crippen LogP contribution in [0.1, 0.15) is 26.3 Å². The fourth-order valence-electron chi connectivity index (χ4n) is 4.00. The van der Waals surface area contributed by atoms with Crippen molar-refractivity contribution in [2.75, 3.05) is 37.6 Å². The molecule has 0 unspecified atom stereocenters. The van der Waals surface area contributed by atoms with Crippen LogP contribution in [0.15, 0.2) is 55.0 Å². The Morgan fingerprint density at radius 1 is 1.00 bits per heavy atom. The van der Waals surface area contributed by atoms with E-state index in [4.69, 9.17) is 4.98 Å². The van der Waals surface area contributed by atoms with E-state index in [1.54, 1.807) is 12.4 Å². The van der Waals surface area contributed by atoms with Crippen molar-refractivity contribution in [3.05, 3.63) is 60.6 Å². The fourth-order valence-corrected chi connectivity index (χ4v) is 4.00. The SMILES string of the molecule is CC(C)(C)CN1CCN(c2nc(-c3ccncc3)ncc2-c2cccc(C#N)c2)CC1. The second kappa shape index (κ2) is 8.83. The molecule has 1 fully saturated rings. The zero-order chi connectivity index (χ0) is 21.8. The van der Waals surface area contributed by atoms with E-state index in [2.05, 4.69) is 46.6 Å². The van der Waals surface area contributed by atoms with Crippen molar-refractivity contribution in [3.8, 4) is 28.6 Å². The Morgan fingerprint density at radius 2 is 1.74 bits per heavy atom. The van der Waals surface area contributed by atoms with Crippen molar-refractivity contribution in [3.63, 3.8) is 0 Å². The van der Waals surface area contributed by atoms with Crippen LogP contribution in [0.2, 0.25) is 0 Å². The van der Waals surface area contributed by atoms with E-state index in [0.717, 1.165) is 55.2 Å². The van der Waals surface area contributed by atoms with Gasteiger partial charge in [0.1, 0.15) is 5.82 Å². The first kappa shape index (κ1) is 21.0. The first-order valence-corrected chi connectivity index (χ1v) is 10.7. The summed E-state index contributed by atoms with van der Waals surface area (Å²) < 4.78 is 0. The number of benzene rings is 1. The first-order chi connectivity index (χ1) is 14.9. The second-order valence-corrected chi connectivity index (χ2v) is 9.18. The van der Waals surface area contributed by atoms with Crippen LogP contribution in [0.4, 0.5) is 5.82 Å². The molecule has 0 N–H and O–H groups in total. The quantitative estimate of drug-likeness (QED) is 0.638. The van der Waals surface area contributed by atoms with Crippen molar-refractivity contribution < 1.29 is 0 Å². The van der Waals surface area contributed by atoms with Gasteiger partial charge in [-0.3, -0.25) is 9.88 Å². The first-order valence-electron chi connectivity index (χ1n) is 10.7. The molecule has 0 saturated carbocycles. The average molecular weight is 413 g/mol. The van der Waals surface area contributed by atoms with E-state index in [-0.39, 0.29) is 5.41 Å². The van der Waals surface area contributed by atoms with Crippen LogP contribution in [-0.4, -0.2) is 52.6 Å².